The van der Waals surface area contributed by atoms with E-state index >= 15 is 0 Å². The van der Waals surface area contributed by atoms with Crippen molar-refractivity contribution in [2.24, 2.45) is 16.9 Å². The van der Waals surface area contributed by atoms with Crippen molar-refractivity contribution in [1.82, 2.24) is 15.6 Å². The fraction of sp³-hybridized carbons (Fsp3) is 0.474. The van der Waals surface area contributed by atoms with Crippen molar-refractivity contribution in [3.63, 3.8) is 0 Å². The van der Waals surface area contributed by atoms with Crippen LogP contribution in [-0.4, -0.2) is 21.8 Å². The van der Waals surface area contributed by atoms with Gasteiger partial charge in [0.15, 0.2) is 5.69 Å². The largest absolute Gasteiger partial charge is 0.292 e. The van der Waals surface area contributed by atoms with Gasteiger partial charge in [-0.25, -0.2) is 10.5 Å². The first-order chi connectivity index (χ1) is 12.2. The van der Waals surface area contributed by atoms with Crippen molar-refractivity contribution in [2.75, 3.05) is 0 Å². The van der Waals surface area contributed by atoms with Crippen molar-refractivity contribution < 1.29 is 4.79 Å². The highest BCUT2D eigenvalue weighted by atomic mass is 16.2. The number of fused-ring (bicyclic) bond motifs is 2. The number of aromatic amines is 1. The second kappa shape index (κ2) is 6.78. The third-order valence-corrected chi connectivity index (χ3v) is 5.59. The Morgan fingerprint density at radius 2 is 1.88 bits per heavy atom. The SMILES string of the molecule is O=C(N/N=C1/CC[C@@H]2CCCC[C@@H]2C1)c1n[nH]c(=O)c2ccccc12. The predicted octanol–water partition coefficient (Wildman–Crippen LogP) is 3.00. The molecule has 2 atom stereocenters. The van der Waals surface area contributed by atoms with Gasteiger partial charge in [-0.15, -0.1) is 0 Å². The number of carbonyl (C=O) groups is 1. The van der Waals surface area contributed by atoms with Gasteiger partial charge >= 0.3 is 0 Å². The Morgan fingerprint density at radius 1 is 1.12 bits per heavy atom. The summed E-state index contributed by atoms with van der Waals surface area (Å²) < 4.78 is 0. The van der Waals surface area contributed by atoms with E-state index in [1.807, 2.05) is 0 Å². The maximum absolute atomic E-state index is 12.5. The topological polar surface area (TPSA) is 87.2 Å². The normalized spacial score (nSPS) is 24.9. The van der Waals surface area contributed by atoms with E-state index < -0.39 is 0 Å². The van der Waals surface area contributed by atoms with Gasteiger partial charge in [-0.2, -0.15) is 10.2 Å². The van der Waals surface area contributed by atoms with Crippen LogP contribution >= 0.6 is 0 Å². The zero-order valence-corrected chi connectivity index (χ0v) is 14.1. The second-order valence-electron chi connectivity index (χ2n) is 7.11. The van der Waals surface area contributed by atoms with E-state index in [-0.39, 0.29) is 17.2 Å². The molecule has 0 aliphatic heterocycles. The molecule has 6 nitrogen and oxygen atoms in total. The molecule has 2 saturated carbocycles. The molecule has 1 amide bonds. The fourth-order valence-corrected chi connectivity index (χ4v) is 4.26. The van der Waals surface area contributed by atoms with Gasteiger partial charge in [0.05, 0.1) is 5.39 Å². The minimum atomic E-state index is -0.384. The molecule has 2 aliphatic carbocycles. The fourth-order valence-electron chi connectivity index (χ4n) is 4.26. The quantitative estimate of drug-likeness (QED) is 0.825. The molecule has 2 fully saturated rings. The zero-order chi connectivity index (χ0) is 17.2. The van der Waals surface area contributed by atoms with Crippen LogP contribution in [0.5, 0.6) is 0 Å². The van der Waals surface area contributed by atoms with Gasteiger partial charge in [0, 0.05) is 11.1 Å². The molecule has 0 radical (unpaired) electrons. The summed E-state index contributed by atoms with van der Waals surface area (Å²) in [5.74, 6) is 1.18. The molecule has 0 unspecified atom stereocenters. The van der Waals surface area contributed by atoms with Crippen LogP contribution < -0.4 is 11.0 Å². The Kier molecular flexibility index (Phi) is 4.34. The van der Waals surface area contributed by atoms with E-state index in [9.17, 15) is 9.59 Å². The van der Waals surface area contributed by atoms with Gasteiger partial charge in [0.2, 0.25) is 0 Å². The van der Waals surface area contributed by atoms with Gasteiger partial charge in [0.1, 0.15) is 0 Å². The van der Waals surface area contributed by atoms with Crippen molar-refractivity contribution in [3.8, 4) is 0 Å². The van der Waals surface area contributed by atoms with Crippen molar-refractivity contribution in [2.45, 2.75) is 44.9 Å². The monoisotopic (exact) mass is 338 g/mol. The number of hydrogen-bond acceptors (Lipinski definition) is 4. The van der Waals surface area contributed by atoms with Crippen LogP contribution in [0.4, 0.5) is 0 Å². The Balaban J connectivity index is 1.51. The van der Waals surface area contributed by atoms with Gasteiger partial charge in [-0.05, 0) is 43.6 Å². The molecular formula is C19H22N4O2. The van der Waals surface area contributed by atoms with Gasteiger partial charge in [0.25, 0.3) is 11.5 Å². The predicted molar refractivity (Wildman–Crippen MR) is 96.6 cm³/mol. The molecule has 130 valence electrons. The summed E-state index contributed by atoms with van der Waals surface area (Å²) in [6.45, 7) is 0. The summed E-state index contributed by atoms with van der Waals surface area (Å²) >= 11 is 0. The molecule has 2 aromatic rings. The van der Waals surface area contributed by atoms with Crippen LogP contribution in [0.25, 0.3) is 10.8 Å². The molecule has 25 heavy (non-hydrogen) atoms. The molecule has 4 rings (SSSR count). The Hall–Kier alpha value is -2.50. The average molecular weight is 338 g/mol. The summed E-state index contributed by atoms with van der Waals surface area (Å²) in [7, 11) is 0. The van der Waals surface area contributed by atoms with Crippen molar-refractivity contribution >= 4 is 22.4 Å². The Bertz CT molecular complexity index is 886. The number of nitrogens with one attached hydrogen (secondary N) is 2. The molecular weight excluding hydrogens is 316 g/mol. The molecule has 1 heterocycles. The van der Waals surface area contributed by atoms with E-state index in [2.05, 4.69) is 20.7 Å². The number of nitrogens with zero attached hydrogens (tertiary/aromatic N) is 2. The minimum Gasteiger partial charge on any atom is -0.267 e. The van der Waals surface area contributed by atoms with Gasteiger partial charge in [-0.1, -0.05) is 37.5 Å². The highest BCUT2D eigenvalue weighted by molar-refractivity contribution is 6.05. The van der Waals surface area contributed by atoms with E-state index in [4.69, 9.17) is 0 Å². The van der Waals surface area contributed by atoms with Gasteiger partial charge in [-0.3, -0.25) is 9.59 Å². The summed E-state index contributed by atoms with van der Waals surface area (Å²) in [4.78, 5) is 24.3. The lowest BCUT2D eigenvalue weighted by molar-refractivity contribution is 0.0950. The molecule has 1 aromatic heterocycles. The second-order valence-corrected chi connectivity index (χ2v) is 7.11. The van der Waals surface area contributed by atoms with Crippen LogP contribution in [0.15, 0.2) is 34.2 Å². The summed E-state index contributed by atoms with van der Waals surface area (Å²) in [6, 6.07) is 6.97. The lowest BCUT2D eigenvalue weighted by atomic mass is 9.70. The third kappa shape index (κ3) is 3.21. The van der Waals surface area contributed by atoms with Crippen LogP contribution in [0.3, 0.4) is 0 Å². The molecule has 2 N–H and O–H groups in total. The molecule has 2 aliphatic rings. The maximum Gasteiger partial charge on any atom is 0.292 e. The number of hydrazone groups is 1. The summed E-state index contributed by atoms with van der Waals surface area (Å²) in [6.07, 6.45) is 8.43. The van der Waals surface area contributed by atoms with Crippen LogP contribution in [0.1, 0.15) is 55.4 Å². The van der Waals surface area contributed by atoms with E-state index in [1.54, 1.807) is 24.3 Å². The third-order valence-electron chi connectivity index (χ3n) is 5.59. The first kappa shape index (κ1) is 16.0. The van der Waals surface area contributed by atoms with Gasteiger partial charge < -0.3 is 0 Å². The lowest BCUT2D eigenvalue weighted by Crippen LogP contribution is -2.30. The number of hydrogen-bond donors (Lipinski definition) is 2. The maximum atomic E-state index is 12.5. The van der Waals surface area contributed by atoms with Crippen molar-refractivity contribution in [1.29, 1.82) is 0 Å². The van der Waals surface area contributed by atoms with Crippen LogP contribution in [-0.2, 0) is 0 Å². The average Bonchev–Trinajstić information content (AvgIpc) is 2.66. The number of carbonyl (C=O) groups excluding carboxylic acids is 1. The van der Waals surface area contributed by atoms with E-state index in [0.29, 0.717) is 10.8 Å². The summed E-state index contributed by atoms with van der Waals surface area (Å²) in [5.41, 5.74) is 3.62. The number of rotatable bonds is 2. The highest BCUT2D eigenvalue weighted by Gasteiger charge is 2.30. The van der Waals surface area contributed by atoms with Crippen molar-refractivity contribution in [3.05, 3.63) is 40.3 Å². The zero-order valence-electron chi connectivity index (χ0n) is 14.1. The number of amides is 1. The van der Waals surface area contributed by atoms with Crippen LogP contribution in [0.2, 0.25) is 0 Å². The summed E-state index contributed by atoms with van der Waals surface area (Å²) in [5, 5.41) is 11.7. The molecule has 0 bridgehead atoms. The van der Waals surface area contributed by atoms with Crippen LogP contribution in [0, 0.1) is 11.8 Å². The Morgan fingerprint density at radius 3 is 2.72 bits per heavy atom. The molecule has 0 spiro atoms. The number of benzene rings is 1. The number of aromatic nitrogens is 2. The van der Waals surface area contributed by atoms with E-state index in [1.165, 1.54) is 32.1 Å². The Labute approximate surface area is 145 Å². The molecule has 1 aromatic carbocycles. The standard InChI is InChI=1S/C19H22N4O2/c24-18-16-8-4-3-7-15(16)17(21-22-18)19(25)23-20-14-10-9-12-5-1-2-6-13(12)11-14/h3-4,7-8,12-13H,1-2,5-6,9-11H2,(H,22,24)(H,23,25)/b20-14-/t12-,13+/m0/s1. The minimum absolute atomic E-state index is 0.200. The number of H-pyrrole nitrogens is 1. The smallest absolute Gasteiger partial charge is 0.267 e. The first-order valence-electron chi connectivity index (χ1n) is 9.05. The highest BCUT2D eigenvalue weighted by Crippen LogP contribution is 2.39. The van der Waals surface area contributed by atoms with E-state index in [0.717, 1.165) is 30.4 Å². The lowest BCUT2D eigenvalue weighted by Gasteiger charge is -2.35. The molecule has 6 heteroatoms. The first-order valence-corrected chi connectivity index (χ1v) is 9.05. The molecule has 0 saturated heterocycles.